The lowest BCUT2D eigenvalue weighted by atomic mass is 10.1. The van der Waals surface area contributed by atoms with Crippen molar-refractivity contribution in [3.05, 3.63) is 59.9 Å². The van der Waals surface area contributed by atoms with Crippen molar-refractivity contribution in [1.29, 1.82) is 0 Å². The Labute approximate surface area is 110 Å². The molecule has 2 aromatic rings. The molecule has 0 atom stereocenters. The number of carbonyl (C=O) groups is 2. The molecule has 0 fully saturated rings. The van der Waals surface area contributed by atoms with Crippen LogP contribution in [0.5, 0.6) is 0 Å². The normalized spacial score (nSPS) is 9.68. The largest absolute Gasteiger partial charge is 0.346 e. The van der Waals surface area contributed by atoms with Gasteiger partial charge in [0.05, 0.1) is 23.5 Å². The molecule has 19 heavy (non-hydrogen) atoms. The standard InChI is InChI=1S/C14H13N3O2/c18-10-17-13-7-2-1-6-12(13)14(19)16-9-11-5-3-4-8-15-11/h1-8,10H,9H2,(H,16,19)(H,17,18). The van der Waals surface area contributed by atoms with Gasteiger partial charge in [0, 0.05) is 6.20 Å². The second-order valence-corrected chi connectivity index (χ2v) is 3.81. The van der Waals surface area contributed by atoms with Gasteiger partial charge in [-0.15, -0.1) is 0 Å². The molecular weight excluding hydrogens is 242 g/mol. The molecular formula is C14H13N3O2. The number of nitrogens with zero attached hydrogens (tertiary/aromatic N) is 1. The molecule has 0 unspecified atom stereocenters. The molecule has 2 N–H and O–H groups in total. The molecule has 2 rings (SSSR count). The number of pyridine rings is 1. The number of amides is 2. The summed E-state index contributed by atoms with van der Waals surface area (Å²) < 4.78 is 0. The summed E-state index contributed by atoms with van der Waals surface area (Å²) in [7, 11) is 0. The Morgan fingerprint density at radius 1 is 1.16 bits per heavy atom. The van der Waals surface area contributed by atoms with Crippen molar-refractivity contribution in [2.24, 2.45) is 0 Å². The van der Waals surface area contributed by atoms with E-state index in [1.165, 1.54) is 0 Å². The fraction of sp³-hybridized carbons (Fsp3) is 0.0714. The number of nitrogens with one attached hydrogen (secondary N) is 2. The van der Waals surface area contributed by atoms with E-state index in [1.54, 1.807) is 30.5 Å². The highest BCUT2D eigenvalue weighted by atomic mass is 16.1. The van der Waals surface area contributed by atoms with Crippen LogP contribution >= 0.6 is 0 Å². The maximum absolute atomic E-state index is 12.0. The third-order valence-corrected chi connectivity index (χ3v) is 2.54. The molecule has 0 saturated carbocycles. The van der Waals surface area contributed by atoms with Crippen LogP contribution in [0.3, 0.4) is 0 Å². The summed E-state index contributed by atoms with van der Waals surface area (Å²) in [5, 5.41) is 5.25. The van der Waals surface area contributed by atoms with Gasteiger partial charge in [0.1, 0.15) is 0 Å². The molecule has 0 aliphatic carbocycles. The molecule has 0 bridgehead atoms. The van der Waals surface area contributed by atoms with Crippen molar-refractivity contribution < 1.29 is 9.59 Å². The smallest absolute Gasteiger partial charge is 0.253 e. The third-order valence-electron chi connectivity index (χ3n) is 2.54. The average molecular weight is 255 g/mol. The van der Waals surface area contributed by atoms with E-state index in [9.17, 15) is 9.59 Å². The summed E-state index contributed by atoms with van der Waals surface area (Å²) in [6.07, 6.45) is 2.22. The molecule has 0 radical (unpaired) electrons. The predicted molar refractivity (Wildman–Crippen MR) is 71.5 cm³/mol. The minimum atomic E-state index is -0.254. The first kappa shape index (κ1) is 12.8. The maximum Gasteiger partial charge on any atom is 0.253 e. The van der Waals surface area contributed by atoms with Gasteiger partial charge in [0.15, 0.2) is 0 Å². The second kappa shape index (κ2) is 6.30. The first-order valence-corrected chi connectivity index (χ1v) is 5.78. The number of rotatable bonds is 5. The Balaban J connectivity index is 2.06. The highest BCUT2D eigenvalue weighted by Gasteiger charge is 2.10. The molecule has 1 aromatic carbocycles. The van der Waals surface area contributed by atoms with Gasteiger partial charge in [-0.1, -0.05) is 18.2 Å². The molecule has 5 nitrogen and oxygen atoms in total. The van der Waals surface area contributed by atoms with Gasteiger partial charge in [0.2, 0.25) is 6.41 Å². The average Bonchev–Trinajstić information content (AvgIpc) is 2.47. The van der Waals surface area contributed by atoms with Gasteiger partial charge in [0.25, 0.3) is 5.91 Å². The third kappa shape index (κ3) is 3.38. The van der Waals surface area contributed by atoms with Gasteiger partial charge >= 0.3 is 0 Å². The minimum Gasteiger partial charge on any atom is -0.346 e. The van der Waals surface area contributed by atoms with E-state index in [-0.39, 0.29) is 5.91 Å². The van der Waals surface area contributed by atoms with Crippen LogP contribution in [0.25, 0.3) is 0 Å². The molecule has 0 saturated heterocycles. The molecule has 2 amide bonds. The maximum atomic E-state index is 12.0. The topological polar surface area (TPSA) is 71.1 Å². The van der Waals surface area contributed by atoms with Crippen molar-refractivity contribution in [3.63, 3.8) is 0 Å². The summed E-state index contributed by atoms with van der Waals surface area (Å²) in [6, 6.07) is 12.3. The fourth-order valence-electron chi connectivity index (χ4n) is 1.64. The highest BCUT2D eigenvalue weighted by molar-refractivity contribution is 6.01. The van der Waals surface area contributed by atoms with Crippen LogP contribution < -0.4 is 10.6 Å². The highest BCUT2D eigenvalue weighted by Crippen LogP contribution is 2.13. The lowest BCUT2D eigenvalue weighted by molar-refractivity contribution is -0.105. The number of para-hydroxylation sites is 1. The fourth-order valence-corrected chi connectivity index (χ4v) is 1.64. The van der Waals surface area contributed by atoms with Gasteiger partial charge in [-0.3, -0.25) is 14.6 Å². The molecule has 5 heteroatoms. The Morgan fingerprint density at radius 3 is 2.68 bits per heavy atom. The van der Waals surface area contributed by atoms with Crippen LogP contribution in [0.1, 0.15) is 16.1 Å². The van der Waals surface area contributed by atoms with Crippen LogP contribution in [0.2, 0.25) is 0 Å². The summed E-state index contributed by atoms with van der Waals surface area (Å²) >= 11 is 0. The van der Waals surface area contributed by atoms with E-state index in [2.05, 4.69) is 15.6 Å². The van der Waals surface area contributed by atoms with Crippen LogP contribution in [-0.4, -0.2) is 17.3 Å². The quantitative estimate of drug-likeness (QED) is 0.797. The lowest BCUT2D eigenvalue weighted by Gasteiger charge is -2.08. The SMILES string of the molecule is O=CNc1ccccc1C(=O)NCc1ccccn1. The van der Waals surface area contributed by atoms with Crippen molar-refractivity contribution >= 4 is 18.0 Å². The molecule has 1 aromatic heterocycles. The lowest BCUT2D eigenvalue weighted by Crippen LogP contribution is -2.24. The van der Waals surface area contributed by atoms with E-state index in [4.69, 9.17) is 0 Å². The van der Waals surface area contributed by atoms with Gasteiger partial charge in [-0.25, -0.2) is 0 Å². The Kier molecular flexibility index (Phi) is 4.23. The van der Waals surface area contributed by atoms with Gasteiger partial charge < -0.3 is 10.6 Å². The van der Waals surface area contributed by atoms with E-state index in [1.807, 2.05) is 18.2 Å². The van der Waals surface area contributed by atoms with Gasteiger partial charge in [-0.2, -0.15) is 0 Å². The number of hydrogen-bond donors (Lipinski definition) is 2. The summed E-state index contributed by atoms with van der Waals surface area (Å²) in [4.78, 5) is 26.6. The van der Waals surface area contributed by atoms with E-state index in [0.29, 0.717) is 24.2 Å². The molecule has 0 aliphatic heterocycles. The van der Waals surface area contributed by atoms with Crippen LogP contribution in [0.15, 0.2) is 48.7 Å². The molecule has 0 aliphatic rings. The zero-order valence-electron chi connectivity index (χ0n) is 10.2. The Bertz CT molecular complexity index is 570. The number of anilines is 1. The first-order chi connectivity index (χ1) is 9.31. The second-order valence-electron chi connectivity index (χ2n) is 3.81. The van der Waals surface area contributed by atoms with E-state index >= 15 is 0 Å². The summed E-state index contributed by atoms with van der Waals surface area (Å²) in [5.74, 6) is -0.254. The van der Waals surface area contributed by atoms with Gasteiger partial charge in [-0.05, 0) is 24.3 Å². The summed E-state index contributed by atoms with van der Waals surface area (Å²) in [5.41, 5.74) is 1.68. The zero-order valence-corrected chi connectivity index (χ0v) is 10.2. The monoisotopic (exact) mass is 255 g/mol. The van der Waals surface area contributed by atoms with Crippen molar-refractivity contribution in [1.82, 2.24) is 10.3 Å². The zero-order chi connectivity index (χ0) is 13.5. The van der Waals surface area contributed by atoms with Crippen LogP contribution in [0, 0.1) is 0 Å². The van der Waals surface area contributed by atoms with Crippen molar-refractivity contribution in [2.45, 2.75) is 6.54 Å². The van der Waals surface area contributed by atoms with Crippen LogP contribution in [-0.2, 0) is 11.3 Å². The summed E-state index contributed by atoms with van der Waals surface area (Å²) in [6.45, 7) is 0.342. The molecule has 96 valence electrons. The number of aromatic nitrogens is 1. The number of benzene rings is 1. The van der Waals surface area contributed by atoms with Crippen molar-refractivity contribution in [2.75, 3.05) is 5.32 Å². The Morgan fingerprint density at radius 2 is 1.95 bits per heavy atom. The van der Waals surface area contributed by atoms with E-state index < -0.39 is 0 Å². The Hall–Kier alpha value is -2.69. The molecule has 1 heterocycles. The van der Waals surface area contributed by atoms with E-state index in [0.717, 1.165) is 5.69 Å². The molecule has 0 spiro atoms. The first-order valence-electron chi connectivity index (χ1n) is 5.78. The van der Waals surface area contributed by atoms with Crippen molar-refractivity contribution in [3.8, 4) is 0 Å². The number of hydrogen-bond acceptors (Lipinski definition) is 3. The number of carbonyl (C=O) groups excluding carboxylic acids is 2. The predicted octanol–water partition coefficient (Wildman–Crippen LogP) is 1.58. The van der Waals surface area contributed by atoms with Crippen LogP contribution in [0.4, 0.5) is 5.69 Å². The minimum absolute atomic E-state index is 0.254.